The Hall–Kier alpha value is -0.630. The van der Waals surface area contributed by atoms with Gasteiger partial charge in [-0.05, 0) is 12.3 Å². The van der Waals surface area contributed by atoms with Crippen molar-refractivity contribution in [1.82, 2.24) is 14.7 Å². The third-order valence-corrected chi connectivity index (χ3v) is 6.08. The highest BCUT2D eigenvalue weighted by atomic mass is 35.5. The Kier molecular flexibility index (Phi) is 5.53. The maximum Gasteiger partial charge on any atom is 0.288 e. The van der Waals surface area contributed by atoms with E-state index >= 15 is 0 Å². The minimum atomic E-state index is -2.99. The summed E-state index contributed by atoms with van der Waals surface area (Å²) in [5, 5.41) is 4.03. The third-order valence-electron chi connectivity index (χ3n) is 3.58. The van der Waals surface area contributed by atoms with Crippen LogP contribution in [-0.4, -0.2) is 47.2 Å². The van der Waals surface area contributed by atoms with Gasteiger partial charge in [0.15, 0.2) is 9.84 Å². The summed E-state index contributed by atoms with van der Waals surface area (Å²) in [6.45, 7) is 4.96. The molecular weight excluding hydrogens is 349 g/mol. The Labute approximate surface area is 139 Å². The topological polar surface area (TPSA) is 72.3 Å². The number of hydrogen-bond acceptors (Lipinski definition) is 5. The van der Waals surface area contributed by atoms with E-state index < -0.39 is 15.4 Å². The van der Waals surface area contributed by atoms with E-state index in [1.807, 2.05) is 18.7 Å². The number of rotatable bonds is 5. The van der Waals surface area contributed by atoms with Crippen LogP contribution >= 0.6 is 23.2 Å². The van der Waals surface area contributed by atoms with E-state index in [9.17, 15) is 13.2 Å². The monoisotopic (exact) mass is 367 g/mol. The maximum absolute atomic E-state index is 12.1. The molecule has 1 saturated heterocycles. The fraction of sp³-hybridized carbons (Fsp3) is 0.692. The van der Waals surface area contributed by atoms with Crippen LogP contribution in [0.25, 0.3) is 0 Å². The molecule has 0 bridgehead atoms. The van der Waals surface area contributed by atoms with Crippen LogP contribution < -0.4 is 5.56 Å². The zero-order chi connectivity index (χ0) is 16.5. The average molecular weight is 368 g/mol. The molecule has 0 N–H and O–H groups in total. The van der Waals surface area contributed by atoms with Crippen LogP contribution in [0.4, 0.5) is 0 Å². The first kappa shape index (κ1) is 17.7. The van der Waals surface area contributed by atoms with Crippen molar-refractivity contribution in [2.45, 2.75) is 33.0 Å². The van der Waals surface area contributed by atoms with Crippen molar-refractivity contribution in [3.8, 4) is 0 Å². The van der Waals surface area contributed by atoms with Crippen LogP contribution in [0, 0.1) is 5.92 Å². The van der Waals surface area contributed by atoms with Gasteiger partial charge >= 0.3 is 0 Å². The standard InChI is InChI=1S/C13H19Cl2N3O3S/c1-9(2)6-17(10-3-4-22(20,21)7-10)8-18-13(19)12(15)11(14)5-16-18/h5,9-10H,3-4,6-8H2,1-2H3/t10-/m0/s1. The van der Waals surface area contributed by atoms with Gasteiger partial charge in [-0.2, -0.15) is 5.10 Å². The van der Waals surface area contributed by atoms with Crippen molar-refractivity contribution >= 4 is 33.0 Å². The van der Waals surface area contributed by atoms with E-state index in [1.165, 1.54) is 10.9 Å². The lowest BCUT2D eigenvalue weighted by molar-refractivity contribution is 0.135. The second kappa shape index (κ2) is 6.86. The van der Waals surface area contributed by atoms with Gasteiger partial charge in [0.1, 0.15) is 5.02 Å². The molecule has 9 heteroatoms. The van der Waals surface area contributed by atoms with E-state index in [0.717, 1.165) is 0 Å². The fourth-order valence-electron chi connectivity index (χ4n) is 2.57. The molecule has 2 heterocycles. The summed E-state index contributed by atoms with van der Waals surface area (Å²) in [5.74, 6) is 0.646. The Morgan fingerprint density at radius 1 is 1.45 bits per heavy atom. The van der Waals surface area contributed by atoms with Gasteiger partial charge in [0.2, 0.25) is 0 Å². The first-order valence-electron chi connectivity index (χ1n) is 7.05. The number of nitrogens with zero attached hydrogens (tertiary/aromatic N) is 3. The van der Waals surface area contributed by atoms with Crippen LogP contribution in [0.5, 0.6) is 0 Å². The predicted octanol–water partition coefficient (Wildman–Crippen LogP) is 1.65. The number of aromatic nitrogens is 2. The minimum Gasteiger partial charge on any atom is -0.280 e. The first-order valence-corrected chi connectivity index (χ1v) is 9.63. The molecule has 124 valence electrons. The molecule has 0 aliphatic carbocycles. The first-order chi connectivity index (χ1) is 10.2. The van der Waals surface area contributed by atoms with Gasteiger partial charge in [-0.1, -0.05) is 37.0 Å². The van der Waals surface area contributed by atoms with Crippen molar-refractivity contribution in [3.05, 3.63) is 26.6 Å². The Morgan fingerprint density at radius 2 is 2.14 bits per heavy atom. The van der Waals surface area contributed by atoms with Crippen molar-refractivity contribution in [2.24, 2.45) is 5.92 Å². The molecule has 1 aromatic heterocycles. The second-order valence-electron chi connectivity index (χ2n) is 5.97. The lowest BCUT2D eigenvalue weighted by atomic mass is 10.1. The molecule has 6 nitrogen and oxygen atoms in total. The largest absolute Gasteiger partial charge is 0.288 e. The van der Waals surface area contributed by atoms with Crippen molar-refractivity contribution in [3.63, 3.8) is 0 Å². The Morgan fingerprint density at radius 3 is 2.68 bits per heavy atom. The van der Waals surface area contributed by atoms with Crippen LogP contribution in [0.15, 0.2) is 11.0 Å². The highest BCUT2D eigenvalue weighted by Gasteiger charge is 2.32. The number of hydrogen-bond donors (Lipinski definition) is 0. The van der Waals surface area contributed by atoms with Gasteiger partial charge in [0, 0.05) is 12.6 Å². The second-order valence-corrected chi connectivity index (χ2v) is 8.99. The molecule has 0 amide bonds. The Bertz CT molecular complexity index is 703. The highest BCUT2D eigenvalue weighted by molar-refractivity contribution is 7.91. The van der Waals surface area contributed by atoms with Crippen LogP contribution in [-0.2, 0) is 16.5 Å². The number of sulfone groups is 1. The molecule has 1 aliphatic rings. The molecule has 2 rings (SSSR count). The minimum absolute atomic E-state index is 0.0693. The maximum atomic E-state index is 12.1. The zero-order valence-corrected chi connectivity index (χ0v) is 14.8. The summed E-state index contributed by atoms with van der Waals surface area (Å²) < 4.78 is 24.6. The smallest absolute Gasteiger partial charge is 0.280 e. The van der Waals surface area contributed by atoms with Gasteiger partial charge < -0.3 is 0 Å². The lowest BCUT2D eigenvalue weighted by Crippen LogP contribution is -2.43. The van der Waals surface area contributed by atoms with E-state index in [1.54, 1.807) is 0 Å². The van der Waals surface area contributed by atoms with Crippen LogP contribution in [0.1, 0.15) is 20.3 Å². The molecule has 0 aromatic carbocycles. The van der Waals surface area contributed by atoms with Gasteiger partial charge in [-0.15, -0.1) is 0 Å². The highest BCUT2D eigenvalue weighted by Crippen LogP contribution is 2.20. The van der Waals surface area contributed by atoms with Crippen molar-refractivity contribution in [1.29, 1.82) is 0 Å². The fourth-order valence-corrected chi connectivity index (χ4v) is 4.60. The molecule has 0 saturated carbocycles. The van der Waals surface area contributed by atoms with E-state index in [2.05, 4.69) is 5.10 Å². The third kappa shape index (κ3) is 4.22. The molecule has 1 fully saturated rings. The average Bonchev–Trinajstić information content (AvgIpc) is 2.78. The molecule has 0 radical (unpaired) electrons. The lowest BCUT2D eigenvalue weighted by Gasteiger charge is -2.29. The van der Waals surface area contributed by atoms with Gasteiger partial charge in [0.05, 0.1) is 29.4 Å². The van der Waals surface area contributed by atoms with Crippen molar-refractivity contribution in [2.75, 3.05) is 18.1 Å². The Balaban J connectivity index is 2.24. The van der Waals surface area contributed by atoms with Gasteiger partial charge in [-0.25, -0.2) is 13.1 Å². The quantitative estimate of drug-likeness (QED) is 0.790. The van der Waals surface area contributed by atoms with E-state index in [-0.39, 0.29) is 34.3 Å². The number of halogens is 2. The summed E-state index contributed by atoms with van der Waals surface area (Å²) >= 11 is 11.6. The van der Waals surface area contributed by atoms with Gasteiger partial charge in [0.25, 0.3) is 5.56 Å². The van der Waals surface area contributed by atoms with E-state index in [4.69, 9.17) is 23.2 Å². The molecule has 22 heavy (non-hydrogen) atoms. The van der Waals surface area contributed by atoms with Crippen LogP contribution in [0.3, 0.4) is 0 Å². The zero-order valence-electron chi connectivity index (χ0n) is 12.5. The summed E-state index contributed by atoms with van der Waals surface area (Å²) in [6.07, 6.45) is 1.90. The normalized spacial score (nSPS) is 20.9. The summed E-state index contributed by atoms with van der Waals surface area (Å²) in [4.78, 5) is 14.1. The van der Waals surface area contributed by atoms with Crippen molar-refractivity contribution < 1.29 is 8.42 Å². The molecular formula is C13H19Cl2N3O3S. The van der Waals surface area contributed by atoms with E-state index in [0.29, 0.717) is 18.9 Å². The summed E-state index contributed by atoms with van der Waals surface area (Å²) in [7, 11) is -2.99. The molecule has 0 unspecified atom stereocenters. The molecule has 1 aromatic rings. The summed E-state index contributed by atoms with van der Waals surface area (Å²) in [5.41, 5.74) is -0.469. The molecule has 1 aliphatic heterocycles. The van der Waals surface area contributed by atoms with Crippen LogP contribution in [0.2, 0.25) is 10.0 Å². The summed E-state index contributed by atoms with van der Waals surface area (Å²) in [6, 6.07) is -0.101. The molecule has 0 spiro atoms. The van der Waals surface area contributed by atoms with Gasteiger partial charge in [-0.3, -0.25) is 9.69 Å². The molecule has 1 atom stereocenters. The predicted molar refractivity (Wildman–Crippen MR) is 87.1 cm³/mol. The SMILES string of the molecule is CC(C)CN(Cn1ncc(Cl)c(Cl)c1=O)[C@H]1CCS(=O)(=O)C1.